The van der Waals surface area contributed by atoms with Crippen LogP contribution in [0.2, 0.25) is 5.02 Å². The van der Waals surface area contributed by atoms with E-state index in [9.17, 15) is 19.3 Å². The summed E-state index contributed by atoms with van der Waals surface area (Å²) in [5, 5.41) is 13.4. The molecule has 0 spiro atoms. The van der Waals surface area contributed by atoms with Gasteiger partial charge in [0.25, 0.3) is 5.91 Å². The number of hydrogen-bond donors (Lipinski definition) is 1. The lowest BCUT2D eigenvalue weighted by atomic mass is 10.2. The van der Waals surface area contributed by atoms with Crippen LogP contribution >= 0.6 is 27.5 Å². The third-order valence-corrected chi connectivity index (χ3v) is 3.71. The molecule has 24 heavy (non-hydrogen) atoms. The molecular formula is C15H11BrClFN2O4. The number of amides is 1. The summed E-state index contributed by atoms with van der Waals surface area (Å²) in [7, 11) is 0. The van der Waals surface area contributed by atoms with Crippen LogP contribution in [0, 0.1) is 22.9 Å². The molecule has 0 saturated heterocycles. The maximum Gasteiger partial charge on any atom is 0.306 e. The summed E-state index contributed by atoms with van der Waals surface area (Å²) in [4.78, 5) is 21.7. The van der Waals surface area contributed by atoms with E-state index in [4.69, 9.17) is 16.3 Å². The lowest BCUT2D eigenvalue weighted by molar-refractivity contribution is -0.387. The molecule has 1 N–H and O–H groups in total. The molecule has 0 aliphatic rings. The Morgan fingerprint density at radius 3 is 2.75 bits per heavy atom. The van der Waals surface area contributed by atoms with Gasteiger partial charge >= 0.3 is 5.69 Å². The number of nitro groups is 1. The maximum atomic E-state index is 13.3. The molecule has 0 bridgehead atoms. The minimum atomic E-state index is -0.980. The minimum Gasteiger partial charge on any atom is -0.482 e. The Morgan fingerprint density at radius 1 is 1.42 bits per heavy atom. The number of benzene rings is 2. The van der Waals surface area contributed by atoms with Gasteiger partial charge in [0.1, 0.15) is 5.75 Å². The Bertz CT molecular complexity index is 793. The predicted molar refractivity (Wildman–Crippen MR) is 91.1 cm³/mol. The lowest BCUT2D eigenvalue weighted by Crippen LogP contribution is -2.20. The van der Waals surface area contributed by atoms with E-state index in [2.05, 4.69) is 21.2 Å². The first-order valence-electron chi connectivity index (χ1n) is 6.60. The molecule has 6 nitrogen and oxygen atoms in total. The molecule has 0 radical (unpaired) electrons. The first-order valence-corrected chi connectivity index (χ1v) is 7.77. The van der Waals surface area contributed by atoms with E-state index in [1.165, 1.54) is 6.07 Å². The zero-order valence-electron chi connectivity index (χ0n) is 12.3. The Balaban J connectivity index is 2.04. The van der Waals surface area contributed by atoms with E-state index >= 15 is 0 Å². The van der Waals surface area contributed by atoms with Gasteiger partial charge in [-0.25, -0.2) is 0 Å². The highest BCUT2D eigenvalue weighted by Gasteiger charge is 2.16. The second kappa shape index (κ2) is 7.59. The maximum absolute atomic E-state index is 13.3. The van der Waals surface area contributed by atoms with Gasteiger partial charge < -0.3 is 10.1 Å². The van der Waals surface area contributed by atoms with Crippen LogP contribution in [0.25, 0.3) is 0 Å². The fraction of sp³-hybridized carbons (Fsp3) is 0.133. The highest BCUT2D eigenvalue weighted by molar-refractivity contribution is 9.10. The van der Waals surface area contributed by atoms with Crippen molar-refractivity contribution in [2.45, 2.75) is 6.92 Å². The first kappa shape index (κ1) is 18.2. The molecule has 126 valence electrons. The van der Waals surface area contributed by atoms with E-state index in [1.54, 1.807) is 19.1 Å². The Labute approximate surface area is 149 Å². The standard InChI is InChI=1S/C15H11BrClFN2O4/c1-8-4-9(16)5-11(17)15(8)24-7-14(21)19-10-2-3-12(18)13(6-10)20(22)23/h2-6H,7H2,1H3,(H,19,21). The van der Waals surface area contributed by atoms with E-state index in [-0.39, 0.29) is 12.3 Å². The highest BCUT2D eigenvalue weighted by Crippen LogP contribution is 2.32. The zero-order chi connectivity index (χ0) is 17.9. The number of carbonyl (C=O) groups is 1. The van der Waals surface area contributed by atoms with Gasteiger partial charge in [-0.3, -0.25) is 14.9 Å². The average molecular weight is 418 g/mol. The summed E-state index contributed by atoms with van der Waals surface area (Å²) in [6.07, 6.45) is 0. The van der Waals surface area contributed by atoms with Crippen molar-refractivity contribution in [2.75, 3.05) is 11.9 Å². The number of nitrogens with zero attached hydrogens (tertiary/aromatic N) is 1. The number of ether oxygens (including phenoxy) is 1. The van der Waals surface area contributed by atoms with Gasteiger partial charge in [0.05, 0.1) is 9.95 Å². The summed E-state index contributed by atoms with van der Waals surface area (Å²) in [6.45, 7) is 1.42. The number of carbonyl (C=O) groups excluding carboxylic acids is 1. The fourth-order valence-corrected chi connectivity index (χ4v) is 2.96. The van der Waals surface area contributed by atoms with Crippen LogP contribution < -0.4 is 10.1 Å². The SMILES string of the molecule is Cc1cc(Br)cc(Cl)c1OCC(=O)Nc1ccc(F)c([N+](=O)[O-])c1. The number of rotatable bonds is 5. The molecule has 1 amide bonds. The molecule has 2 rings (SSSR count). The van der Waals surface area contributed by atoms with Gasteiger partial charge in [-0.05, 0) is 36.8 Å². The van der Waals surface area contributed by atoms with Crippen molar-refractivity contribution in [1.82, 2.24) is 0 Å². The van der Waals surface area contributed by atoms with Crippen molar-refractivity contribution in [2.24, 2.45) is 0 Å². The van der Waals surface area contributed by atoms with Crippen LogP contribution in [0.1, 0.15) is 5.56 Å². The third kappa shape index (κ3) is 4.42. The molecule has 2 aromatic rings. The van der Waals surface area contributed by atoms with Crippen LogP contribution in [0.15, 0.2) is 34.8 Å². The van der Waals surface area contributed by atoms with E-state index < -0.39 is 22.3 Å². The van der Waals surface area contributed by atoms with Crippen LogP contribution in [0.3, 0.4) is 0 Å². The number of nitro benzene ring substituents is 1. The highest BCUT2D eigenvalue weighted by atomic mass is 79.9. The van der Waals surface area contributed by atoms with Gasteiger partial charge in [-0.2, -0.15) is 4.39 Å². The molecule has 0 heterocycles. The lowest BCUT2D eigenvalue weighted by Gasteiger charge is -2.11. The molecule has 2 aromatic carbocycles. The summed E-state index contributed by atoms with van der Waals surface area (Å²) in [5.74, 6) is -1.18. The largest absolute Gasteiger partial charge is 0.482 e. The molecule has 0 aliphatic heterocycles. The first-order chi connectivity index (χ1) is 11.3. The van der Waals surface area contributed by atoms with Crippen LogP contribution in [0.5, 0.6) is 5.75 Å². The topological polar surface area (TPSA) is 81.5 Å². The number of aryl methyl sites for hydroxylation is 1. The molecule has 0 aromatic heterocycles. The van der Waals surface area contributed by atoms with E-state index in [0.29, 0.717) is 10.8 Å². The summed E-state index contributed by atoms with van der Waals surface area (Å²) in [5.41, 5.74) is 0.107. The monoisotopic (exact) mass is 416 g/mol. The average Bonchev–Trinajstić information content (AvgIpc) is 2.47. The van der Waals surface area contributed by atoms with Gasteiger partial charge in [0, 0.05) is 16.2 Å². The van der Waals surface area contributed by atoms with Gasteiger partial charge in [-0.1, -0.05) is 27.5 Å². The van der Waals surface area contributed by atoms with E-state index in [0.717, 1.165) is 22.2 Å². The van der Waals surface area contributed by atoms with Crippen LogP contribution in [-0.2, 0) is 4.79 Å². The summed E-state index contributed by atoms with van der Waals surface area (Å²) in [6, 6.07) is 6.47. The Kier molecular flexibility index (Phi) is 5.74. The van der Waals surface area contributed by atoms with Gasteiger partial charge in [-0.15, -0.1) is 0 Å². The van der Waals surface area contributed by atoms with Crippen molar-refractivity contribution in [1.29, 1.82) is 0 Å². The Hall–Kier alpha value is -2.19. The second-order valence-electron chi connectivity index (χ2n) is 4.79. The molecule has 0 unspecified atom stereocenters. The number of halogens is 3. The number of hydrogen-bond acceptors (Lipinski definition) is 4. The second-order valence-corrected chi connectivity index (χ2v) is 6.12. The van der Waals surface area contributed by atoms with Crippen LogP contribution in [-0.4, -0.2) is 17.4 Å². The predicted octanol–water partition coefficient (Wildman–Crippen LogP) is 4.48. The molecule has 9 heteroatoms. The van der Waals surface area contributed by atoms with Crippen LogP contribution in [0.4, 0.5) is 15.8 Å². The molecule has 0 saturated carbocycles. The molecule has 0 aliphatic carbocycles. The molecule has 0 fully saturated rings. The van der Waals surface area contributed by atoms with Crippen molar-refractivity contribution in [3.05, 3.63) is 61.3 Å². The quantitative estimate of drug-likeness (QED) is 0.574. The van der Waals surface area contributed by atoms with Gasteiger partial charge in [0.2, 0.25) is 5.82 Å². The van der Waals surface area contributed by atoms with Crippen molar-refractivity contribution < 1.29 is 18.8 Å². The summed E-state index contributed by atoms with van der Waals surface area (Å²) >= 11 is 9.34. The third-order valence-electron chi connectivity index (χ3n) is 2.97. The Morgan fingerprint density at radius 2 is 2.12 bits per heavy atom. The number of nitrogens with one attached hydrogen (secondary N) is 1. The molecular weight excluding hydrogens is 407 g/mol. The smallest absolute Gasteiger partial charge is 0.306 e. The van der Waals surface area contributed by atoms with Crippen molar-refractivity contribution in [3.63, 3.8) is 0 Å². The summed E-state index contributed by atoms with van der Waals surface area (Å²) < 4.78 is 19.4. The zero-order valence-corrected chi connectivity index (χ0v) is 14.6. The number of anilines is 1. The molecule has 0 atom stereocenters. The van der Waals surface area contributed by atoms with E-state index in [1.807, 2.05) is 0 Å². The van der Waals surface area contributed by atoms with Crippen molar-refractivity contribution >= 4 is 44.8 Å². The van der Waals surface area contributed by atoms with Gasteiger partial charge in [0.15, 0.2) is 6.61 Å². The normalized spacial score (nSPS) is 10.3. The van der Waals surface area contributed by atoms with Crippen molar-refractivity contribution in [3.8, 4) is 5.75 Å². The minimum absolute atomic E-state index is 0.0929. The fourth-order valence-electron chi connectivity index (χ4n) is 1.94.